The van der Waals surface area contributed by atoms with Crippen LogP contribution in [0.3, 0.4) is 0 Å². The smallest absolute Gasteiger partial charge is 0.322 e. The highest BCUT2D eigenvalue weighted by Crippen LogP contribution is 2.23. The van der Waals surface area contributed by atoms with Gasteiger partial charge < -0.3 is 5.32 Å². The maximum Gasteiger partial charge on any atom is 0.344 e. The van der Waals surface area contributed by atoms with E-state index < -0.39 is 23.4 Å². The van der Waals surface area contributed by atoms with Gasteiger partial charge in [-0.05, 0) is 47.9 Å². The average Bonchev–Trinajstić information content (AvgIpc) is 3.36. The average molecular weight is 452 g/mol. The van der Waals surface area contributed by atoms with Gasteiger partial charge in [0.15, 0.2) is 0 Å². The molecular formula is C21H21N7O3S. The molecule has 0 spiro atoms. The number of aromatic nitrogens is 4. The number of rotatable bonds is 8. The van der Waals surface area contributed by atoms with Crippen molar-refractivity contribution < 1.29 is 14.4 Å². The third-order valence-electron chi connectivity index (χ3n) is 5.03. The van der Waals surface area contributed by atoms with Gasteiger partial charge in [-0.2, -0.15) is 9.69 Å². The Bertz CT molecular complexity index is 1120. The summed E-state index contributed by atoms with van der Waals surface area (Å²) in [5.41, 5.74) is 3.11. The van der Waals surface area contributed by atoms with Gasteiger partial charge in [0.2, 0.25) is 11.1 Å². The Morgan fingerprint density at radius 3 is 2.50 bits per heavy atom. The lowest BCUT2D eigenvalue weighted by molar-refractivity contribution is -0.138. The third kappa shape index (κ3) is 4.62. The van der Waals surface area contributed by atoms with Crippen LogP contribution in [0.15, 0.2) is 65.8 Å². The van der Waals surface area contributed by atoms with Crippen molar-refractivity contribution in [1.82, 2.24) is 36.0 Å². The van der Waals surface area contributed by atoms with Gasteiger partial charge in [0, 0.05) is 0 Å². The highest BCUT2D eigenvalue weighted by Gasteiger charge is 2.48. The molecule has 4 rings (SSSR count). The normalized spacial score (nSPS) is 18.0. The minimum Gasteiger partial charge on any atom is -0.322 e. The van der Waals surface area contributed by atoms with Crippen LogP contribution in [0.25, 0.3) is 5.69 Å². The molecule has 1 aliphatic heterocycles. The van der Waals surface area contributed by atoms with Crippen LogP contribution in [-0.4, -0.2) is 54.4 Å². The van der Waals surface area contributed by atoms with Crippen molar-refractivity contribution in [2.45, 2.75) is 30.5 Å². The van der Waals surface area contributed by atoms with E-state index in [2.05, 4.69) is 26.3 Å². The number of hydrazine groups is 1. The molecule has 1 aliphatic rings. The molecule has 2 heterocycles. The minimum atomic E-state index is -1.09. The molecule has 1 fully saturated rings. The molecule has 0 radical (unpaired) electrons. The molecule has 32 heavy (non-hydrogen) atoms. The van der Waals surface area contributed by atoms with Crippen LogP contribution in [0, 0.1) is 0 Å². The highest BCUT2D eigenvalue weighted by molar-refractivity contribution is 7.99. The first-order valence-electron chi connectivity index (χ1n) is 9.93. The summed E-state index contributed by atoms with van der Waals surface area (Å²) in [7, 11) is 0. The summed E-state index contributed by atoms with van der Waals surface area (Å²) < 4.78 is 1.51. The second-order valence-corrected chi connectivity index (χ2v) is 8.36. The van der Waals surface area contributed by atoms with Crippen LogP contribution in [0.4, 0.5) is 4.79 Å². The monoisotopic (exact) mass is 451 g/mol. The molecule has 0 unspecified atom stereocenters. The zero-order valence-corrected chi connectivity index (χ0v) is 18.1. The molecule has 164 valence electrons. The SMILES string of the molecule is C[C@]1(CCc2ccccc2)NC(=O)N(NC(=O)CSc2nnnn2-c2ccccc2)C1=O. The number of urea groups is 1. The van der Waals surface area contributed by atoms with Gasteiger partial charge in [-0.3, -0.25) is 15.0 Å². The van der Waals surface area contributed by atoms with Crippen molar-refractivity contribution in [2.75, 3.05) is 5.75 Å². The number of thioether (sulfide) groups is 1. The number of hydrogen-bond donors (Lipinski definition) is 2. The predicted molar refractivity (Wildman–Crippen MR) is 117 cm³/mol. The quantitative estimate of drug-likeness (QED) is 0.395. The Hall–Kier alpha value is -3.73. The van der Waals surface area contributed by atoms with Crippen LogP contribution in [-0.2, 0) is 16.0 Å². The fourth-order valence-corrected chi connectivity index (χ4v) is 3.96. The molecule has 0 aliphatic carbocycles. The molecule has 11 heteroatoms. The summed E-state index contributed by atoms with van der Waals surface area (Å²) in [6, 6.07) is 18.3. The van der Waals surface area contributed by atoms with Crippen LogP contribution >= 0.6 is 11.8 Å². The molecule has 3 aromatic rings. The summed E-state index contributed by atoms with van der Waals surface area (Å²) in [6.45, 7) is 1.66. The Kier molecular flexibility index (Phi) is 6.17. The summed E-state index contributed by atoms with van der Waals surface area (Å²) >= 11 is 1.10. The van der Waals surface area contributed by atoms with Crippen LogP contribution in [0.2, 0.25) is 0 Å². The standard InChI is InChI=1S/C21H21N7O3S/c1-21(13-12-15-8-4-2-5-9-15)18(30)28(19(31)22-21)24-17(29)14-32-20-23-25-26-27(20)16-10-6-3-7-11-16/h2-11H,12-14H2,1H3,(H,22,31)(H,24,29)/t21-/m1/s1. The molecular weight excluding hydrogens is 430 g/mol. The van der Waals surface area contributed by atoms with Crippen molar-refractivity contribution in [3.05, 3.63) is 66.2 Å². The van der Waals surface area contributed by atoms with Crippen molar-refractivity contribution in [2.24, 2.45) is 0 Å². The second kappa shape index (κ2) is 9.18. The van der Waals surface area contributed by atoms with Gasteiger partial charge in [0.05, 0.1) is 11.4 Å². The maximum absolute atomic E-state index is 12.9. The Labute approximate surface area is 188 Å². The summed E-state index contributed by atoms with van der Waals surface area (Å²) in [6.07, 6.45) is 1.03. The van der Waals surface area contributed by atoms with Crippen molar-refractivity contribution in [3.8, 4) is 5.69 Å². The number of carbonyl (C=O) groups is 3. The van der Waals surface area contributed by atoms with Gasteiger partial charge in [-0.25, -0.2) is 4.79 Å². The van der Waals surface area contributed by atoms with Gasteiger partial charge in [0.1, 0.15) is 5.54 Å². The highest BCUT2D eigenvalue weighted by atomic mass is 32.2. The van der Waals surface area contributed by atoms with Crippen molar-refractivity contribution in [3.63, 3.8) is 0 Å². The number of tetrazole rings is 1. The van der Waals surface area contributed by atoms with E-state index in [4.69, 9.17) is 0 Å². The number of amides is 4. The van der Waals surface area contributed by atoms with E-state index in [-0.39, 0.29) is 5.75 Å². The minimum absolute atomic E-state index is 0.0784. The molecule has 1 aromatic heterocycles. The van der Waals surface area contributed by atoms with E-state index in [1.54, 1.807) is 6.92 Å². The predicted octanol–water partition coefficient (Wildman–Crippen LogP) is 1.73. The van der Waals surface area contributed by atoms with Crippen LogP contribution < -0.4 is 10.7 Å². The fraction of sp³-hybridized carbons (Fsp3) is 0.238. The number of hydrogen-bond acceptors (Lipinski definition) is 7. The number of carbonyl (C=O) groups excluding carboxylic acids is 3. The van der Waals surface area contributed by atoms with Crippen molar-refractivity contribution in [1.29, 1.82) is 0 Å². The summed E-state index contributed by atoms with van der Waals surface area (Å²) in [4.78, 5) is 37.6. The number of benzene rings is 2. The molecule has 1 atom stereocenters. The van der Waals surface area contributed by atoms with E-state index >= 15 is 0 Å². The molecule has 0 bridgehead atoms. The van der Waals surface area contributed by atoms with E-state index in [0.29, 0.717) is 18.0 Å². The zero-order valence-electron chi connectivity index (χ0n) is 17.3. The van der Waals surface area contributed by atoms with Gasteiger partial charge in [0.25, 0.3) is 5.91 Å². The van der Waals surface area contributed by atoms with Gasteiger partial charge in [-0.1, -0.05) is 60.3 Å². The first-order valence-corrected chi connectivity index (χ1v) is 10.9. The van der Waals surface area contributed by atoms with Crippen LogP contribution in [0.1, 0.15) is 18.9 Å². The molecule has 10 nitrogen and oxygen atoms in total. The number of nitrogens with zero attached hydrogens (tertiary/aromatic N) is 5. The lowest BCUT2D eigenvalue weighted by Crippen LogP contribution is -2.49. The third-order valence-corrected chi connectivity index (χ3v) is 5.95. The lowest BCUT2D eigenvalue weighted by atomic mass is 9.93. The molecule has 4 amide bonds. The fourth-order valence-electron chi connectivity index (χ4n) is 3.28. The van der Waals surface area contributed by atoms with Gasteiger partial charge >= 0.3 is 6.03 Å². The summed E-state index contributed by atoms with van der Waals surface area (Å²) in [5, 5.41) is 15.4. The van der Waals surface area contributed by atoms with Gasteiger partial charge in [-0.15, -0.1) is 5.10 Å². The van der Waals surface area contributed by atoms with Crippen LogP contribution in [0.5, 0.6) is 0 Å². The maximum atomic E-state index is 12.9. The Morgan fingerprint density at radius 1 is 1.09 bits per heavy atom. The Morgan fingerprint density at radius 2 is 1.78 bits per heavy atom. The van der Waals surface area contributed by atoms with E-state index in [1.807, 2.05) is 60.7 Å². The van der Waals surface area contributed by atoms with Crippen molar-refractivity contribution >= 4 is 29.6 Å². The van der Waals surface area contributed by atoms with E-state index in [1.165, 1.54) is 4.68 Å². The lowest BCUT2D eigenvalue weighted by Gasteiger charge is -2.21. The molecule has 1 saturated heterocycles. The first kappa shape index (κ1) is 21.5. The van der Waals surface area contributed by atoms with E-state index in [0.717, 1.165) is 28.0 Å². The number of nitrogens with one attached hydrogen (secondary N) is 2. The summed E-state index contributed by atoms with van der Waals surface area (Å²) in [5.74, 6) is -1.09. The topological polar surface area (TPSA) is 122 Å². The second-order valence-electron chi connectivity index (χ2n) is 7.42. The number of aryl methyl sites for hydroxylation is 1. The zero-order chi connectivity index (χ0) is 22.6. The molecule has 2 N–H and O–H groups in total. The number of para-hydroxylation sites is 1. The first-order chi connectivity index (χ1) is 15.5. The Balaban J connectivity index is 1.34. The van der Waals surface area contributed by atoms with E-state index in [9.17, 15) is 14.4 Å². The largest absolute Gasteiger partial charge is 0.344 e. The molecule has 2 aromatic carbocycles. The number of imide groups is 1. The molecule has 0 saturated carbocycles.